The van der Waals surface area contributed by atoms with Gasteiger partial charge in [0.15, 0.2) is 23.3 Å². The highest BCUT2D eigenvalue weighted by molar-refractivity contribution is 7.14. The average Bonchev–Trinajstić information content (AvgIpc) is 3.11. The van der Waals surface area contributed by atoms with Crippen molar-refractivity contribution in [1.82, 2.24) is 4.98 Å². The zero-order chi connectivity index (χ0) is 19.4. The molecule has 1 heterocycles. The maximum atomic E-state index is 13.8. The summed E-state index contributed by atoms with van der Waals surface area (Å²) in [4.78, 5) is 16.4. The SMILES string of the molecule is COc1ccc(-c2csc(NC(=O)COc3ccc(C)c(C)c3)n2)cc1F. The number of hydrogen-bond acceptors (Lipinski definition) is 5. The molecular weight excluding hydrogens is 367 g/mol. The zero-order valence-electron chi connectivity index (χ0n) is 15.2. The molecule has 27 heavy (non-hydrogen) atoms. The highest BCUT2D eigenvalue weighted by atomic mass is 32.1. The molecule has 0 spiro atoms. The van der Waals surface area contributed by atoms with Crippen molar-refractivity contribution < 1.29 is 18.7 Å². The molecule has 3 aromatic rings. The van der Waals surface area contributed by atoms with E-state index in [0.29, 0.717) is 22.1 Å². The van der Waals surface area contributed by atoms with Gasteiger partial charge in [-0.3, -0.25) is 10.1 Å². The van der Waals surface area contributed by atoms with Gasteiger partial charge in [0.25, 0.3) is 5.91 Å². The number of hydrogen-bond donors (Lipinski definition) is 1. The number of rotatable bonds is 6. The largest absolute Gasteiger partial charge is 0.494 e. The Morgan fingerprint density at radius 3 is 2.70 bits per heavy atom. The molecule has 0 aliphatic rings. The number of nitrogens with one attached hydrogen (secondary N) is 1. The summed E-state index contributed by atoms with van der Waals surface area (Å²) in [5, 5.41) is 4.87. The second-order valence-electron chi connectivity index (χ2n) is 5.97. The van der Waals surface area contributed by atoms with Crippen LogP contribution in [0.3, 0.4) is 0 Å². The number of aryl methyl sites for hydroxylation is 2. The maximum absolute atomic E-state index is 13.8. The molecule has 1 aromatic heterocycles. The number of halogens is 1. The zero-order valence-corrected chi connectivity index (χ0v) is 16.0. The first kappa shape index (κ1) is 18.8. The van der Waals surface area contributed by atoms with Crippen molar-refractivity contribution in [2.45, 2.75) is 13.8 Å². The molecule has 1 amide bonds. The Hall–Kier alpha value is -2.93. The number of thiazole rings is 1. The number of carbonyl (C=O) groups excluding carboxylic acids is 1. The van der Waals surface area contributed by atoms with E-state index in [2.05, 4.69) is 10.3 Å². The second-order valence-corrected chi connectivity index (χ2v) is 6.83. The number of aromatic nitrogens is 1. The third-order valence-corrected chi connectivity index (χ3v) is 4.80. The van der Waals surface area contributed by atoms with Gasteiger partial charge in [-0.05, 0) is 55.3 Å². The Balaban J connectivity index is 1.60. The van der Waals surface area contributed by atoms with Crippen molar-refractivity contribution in [2.24, 2.45) is 0 Å². The number of ether oxygens (including phenoxy) is 2. The van der Waals surface area contributed by atoms with E-state index in [1.807, 2.05) is 32.0 Å². The van der Waals surface area contributed by atoms with Crippen LogP contribution in [0.4, 0.5) is 9.52 Å². The number of methoxy groups -OCH3 is 1. The van der Waals surface area contributed by atoms with Crippen molar-refractivity contribution in [3.63, 3.8) is 0 Å². The molecule has 0 atom stereocenters. The molecule has 3 rings (SSSR count). The standard InChI is InChI=1S/C20H19FN2O3S/c1-12-4-6-15(8-13(12)2)26-10-19(24)23-20-22-17(11-27-20)14-5-7-18(25-3)16(21)9-14/h4-9,11H,10H2,1-3H3,(H,22,23,24). The van der Waals surface area contributed by atoms with Gasteiger partial charge >= 0.3 is 0 Å². The van der Waals surface area contributed by atoms with Gasteiger partial charge in [-0.15, -0.1) is 11.3 Å². The smallest absolute Gasteiger partial charge is 0.264 e. The molecular formula is C20H19FN2O3S. The minimum atomic E-state index is -0.463. The van der Waals surface area contributed by atoms with Gasteiger partial charge in [-0.2, -0.15) is 0 Å². The van der Waals surface area contributed by atoms with Crippen molar-refractivity contribution in [1.29, 1.82) is 0 Å². The van der Waals surface area contributed by atoms with E-state index in [1.165, 1.54) is 24.5 Å². The van der Waals surface area contributed by atoms with Crippen molar-refractivity contribution in [3.05, 3.63) is 58.7 Å². The molecule has 5 nitrogen and oxygen atoms in total. The fourth-order valence-corrected chi connectivity index (χ4v) is 3.13. The van der Waals surface area contributed by atoms with Crippen LogP contribution in [0.5, 0.6) is 11.5 Å². The summed E-state index contributed by atoms with van der Waals surface area (Å²) < 4.78 is 24.2. The molecule has 0 saturated heterocycles. The minimum Gasteiger partial charge on any atom is -0.494 e. The molecule has 0 aliphatic carbocycles. The molecule has 2 aromatic carbocycles. The monoisotopic (exact) mass is 386 g/mol. The van der Waals surface area contributed by atoms with Crippen LogP contribution in [-0.4, -0.2) is 24.6 Å². The molecule has 0 saturated carbocycles. The molecule has 0 aliphatic heterocycles. The number of benzene rings is 2. The van der Waals surface area contributed by atoms with E-state index in [4.69, 9.17) is 9.47 Å². The predicted molar refractivity (Wildman–Crippen MR) is 104 cm³/mol. The number of carbonyl (C=O) groups is 1. The molecule has 0 bridgehead atoms. The Kier molecular flexibility index (Phi) is 5.71. The van der Waals surface area contributed by atoms with Crippen molar-refractivity contribution in [3.8, 4) is 22.8 Å². The highest BCUT2D eigenvalue weighted by Gasteiger charge is 2.11. The van der Waals surface area contributed by atoms with Gasteiger partial charge in [0, 0.05) is 10.9 Å². The summed E-state index contributed by atoms with van der Waals surface area (Å²) >= 11 is 1.26. The first-order chi connectivity index (χ1) is 13.0. The fourth-order valence-electron chi connectivity index (χ4n) is 2.40. The van der Waals surface area contributed by atoms with Gasteiger partial charge in [0.2, 0.25) is 0 Å². The third-order valence-electron chi connectivity index (χ3n) is 4.05. The van der Waals surface area contributed by atoms with Crippen LogP contribution in [0.2, 0.25) is 0 Å². The van der Waals surface area contributed by atoms with E-state index < -0.39 is 5.82 Å². The quantitative estimate of drug-likeness (QED) is 0.673. The van der Waals surface area contributed by atoms with E-state index in [-0.39, 0.29) is 18.3 Å². The Labute approximate surface area is 160 Å². The highest BCUT2D eigenvalue weighted by Crippen LogP contribution is 2.28. The molecule has 7 heteroatoms. The first-order valence-electron chi connectivity index (χ1n) is 8.25. The van der Waals surface area contributed by atoms with Crippen molar-refractivity contribution in [2.75, 3.05) is 19.0 Å². The minimum absolute atomic E-state index is 0.116. The number of nitrogens with zero attached hydrogens (tertiary/aromatic N) is 1. The van der Waals surface area contributed by atoms with Crippen LogP contribution < -0.4 is 14.8 Å². The predicted octanol–water partition coefficient (Wildman–Crippen LogP) is 4.59. The lowest BCUT2D eigenvalue weighted by Crippen LogP contribution is -2.20. The lowest BCUT2D eigenvalue weighted by molar-refractivity contribution is -0.118. The summed E-state index contributed by atoms with van der Waals surface area (Å²) in [6.07, 6.45) is 0. The van der Waals surface area contributed by atoms with Crippen LogP contribution in [0.15, 0.2) is 41.8 Å². The molecule has 1 N–H and O–H groups in total. The Morgan fingerprint density at radius 2 is 2.00 bits per heavy atom. The van der Waals surface area contributed by atoms with E-state index >= 15 is 0 Å². The second kappa shape index (κ2) is 8.18. The summed E-state index contributed by atoms with van der Waals surface area (Å²) in [5.41, 5.74) is 3.45. The summed E-state index contributed by atoms with van der Waals surface area (Å²) in [6.45, 7) is 3.89. The normalized spacial score (nSPS) is 10.5. The van der Waals surface area contributed by atoms with E-state index in [9.17, 15) is 9.18 Å². The summed E-state index contributed by atoms with van der Waals surface area (Å²) in [7, 11) is 1.41. The van der Waals surface area contributed by atoms with E-state index in [0.717, 1.165) is 11.1 Å². The van der Waals surface area contributed by atoms with Crippen molar-refractivity contribution >= 4 is 22.4 Å². The summed E-state index contributed by atoms with van der Waals surface area (Å²) in [6, 6.07) is 10.3. The maximum Gasteiger partial charge on any atom is 0.264 e. The average molecular weight is 386 g/mol. The lowest BCUT2D eigenvalue weighted by Gasteiger charge is -2.08. The molecule has 0 fully saturated rings. The summed E-state index contributed by atoms with van der Waals surface area (Å²) in [5.74, 6) is 0.0400. The van der Waals surface area contributed by atoms with Gasteiger partial charge < -0.3 is 9.47 Å². The first-order valence-corrected chi connectivity index (χ1v) is 9.13. The lowest BCUT2D eigenvalue weighted by atomic mass is 10.1. The number of anilines is 1. The van der Waals surface area contributed by atoms with Gasteiger partial charge in [0.1, 0.15) is 5.75 Å². The Morgan fingerprint density at radius 1 is 1.19 bits per heavy atom. The third kappa shape index (κ3) is 4.62. The van der Waals surface area contributed by atoms with Gasteiger partial charge in [-0.1, -0.05) is 6.07 Å². The topological polar surface area (TPSA) is 60.5 Å². The number of amides is 1. The Bertz CT molecular complexity index is 972. The van der Waals surface area contributed by atoms with Crippen LogP contribution in [0, 0.1) is 19.7 Å². The van der Waals surface area contributed by atoms with Gasteiger partial charge in [0.05, 0.1) is 12.8 Å². The fraction of sp³-hybridized carbons (Fsp3) is 0.200. The molecule has 140 valence electrons. The van der Waals surface area contributed by atoms with Crippen LogP contribution in [0.25, 0.3) is 11.3 Å². The van der Waals surface area contributed by atoms with Crippen LogP contribution in [-0.2, 0) is 4.79 Å². The van der Waals surface area contributed by atoms with Crippen LogP contribution in [0.1, 0.15) is 11.1 Å². The van der Waals surface area contributed by atoms with Gasteiger partial charge in [-0.25, -0.2) is 9.37 Å². The molecule has 0 unspecified atom stereocenters. The van der Waals surface area contributed by atoms with E-state index in [1.54, 1.807) is 17.5 Å². The molecule has 0 radical (unpaired) electrons. The van der Waals surface area contributed by atoms with Crippen LogP contribution >= 0.6 is 11.3 Å².